The summed E-state index contributed by atoms with van der Waals surface area (Å²) in [5, 5.41) is 13.6. The van der Waals surface area contributed by atoms with Crippen molar-refractivity contribution in [2.24, 2.45) is 0 Å². The van der Waals surface area contributed by atoms with Crippen LogP contribution < -0.4 is 10.6 Å². The van der Waals surface area contributed by atoms with Crippen molar-refractivity contribution in [2.45, 2.75) is 39.2 Å². The van der Waals surface area contributed by atoms with Crippen LogP contribution in [-0.2, 0) is 4.79 Å². The number of nitrogens with one attached hydrogen (secondary N) is 2. The van der Waals surface area contributed by atoms with Crippen molar-refractivity contribution < 1.29 is 14.7 Å². The molecule has 0 bridgehead atoms. The topological polar surface area (TPSA) is 78.4 Å². The Morgan fingerprint density at radius 2 is 2.00 bits per heavy atom. The number of rotatable bonds is 6. The normalized spacial score (nSPS) is 11.9. The van der Waals surface area contributed by atoms with Crippen LogP contribution in [0.3, 0.4) is 0 Å². The standard InChI is InChI=1S/C9H18N2O3/c1-3-5-6-10-9(14)11-7(4-2)8(12)13/h7H,3-6H2,1-2H3,(H,12,13)(H2,10,11,14). The van der Waals surface area contributed by atoms with E-state index in [1.165, 1.54) is 0 Å². The fourth-order valence-corrected chi connectivity index (χ4v) is 0.926. The summed E-state index contributed by atoms with van der Waals surface area (Å²) in [6.45, 7) is 4.31. The second-order valence-corrected chi connectivity index (χ2v) is 3.05. The molecule has 1 atom stereocenters. The van der Waals surface area contributed by atoms with E-state index >= 15 is 0 Å². The SMILES string of the molecule is CCCCNC(=O)NC(CC)C(=O)O. The van der Waals surface area contributed by atoms with Crippen LogP contribution in [-0.4, -0.2) is 29.7 Å². The Balaban J connectivity index is 3.74. The zero-order chi connectivity index (χ0) is 11.0. The fourth-order valence-electron chi connectivity index (χ4n) is 0.926. The predicted molar refractivity (Wildman–Crippen MR) is 53.2 cm³/mol. The second-order valence-electron chi connectivity index (χ2n) is 3.05. The lowest BCUT2D eigenvalue weighted by molar-refractivity contribution is -0.139. The monoisotopic (exact) mass is 202 g/mol. The Hall–Kier alpha value is -1.26. The number of carboxylic acids is 1. The number of carboxylic acid groups (broad SMARTS) is 1. The van der Waals surface area contributed by atoms with Gasteiger partial charge in [-0.2, -0.15) is 0 Å². The van der Waals surface area contributed by atoms with Crippen LogP contribution in [0.1, 0.15) is 33.1 Å². The minimum atomic E-state index is -1.00. The van der Waals surface area contributed by atoms with Crippen molar-refractivity contribution in [2.75, 3.05) is 6.54 Å². The van der Waals surface area contributed by atoms with Crippen LogP contribution in [0.5, 0.6) is 0 Å². The van der Waals surface area contributed by atoms with E-state index in [9.17, 15) is 9.59 Å². The highest BCUT2D eigenvalue weighted by Crippen LogP contribution is 1.90. The molecule has 14 heavy (non-hydrogen) atoms. The molecule has 0 saturated carbocycles. The molecule has 0 aromatic carbocycles. The van der Waals surface area contributed by atoms with E-state index in [2.05, 4.69) is 10.6 Å². The average molecular weight is 202 g/mol. The minimum Gasteiger partial charge on any atom is -0.480 e. The molecule has 0 aromatic rings. The van der Waals surface area contributed by atoms with Gasteiger partial charge >= 0.3 is 12.0 Å². The number of carbonyl (C=O) groups excluding carboxylic acids is 1. The van der Waals surface area contributed by atoms with E-state index in [0.29, 0.717) is 13.0 Å². The van der Waals surface area contributed by atoms with Gasteiger partial charge in [-0.25, -0.2) is 9.59 Å². The average Bonchev–Trinajstić information content (AvgIpc) is 2.14. The lowest BCUT2D eigenvalue weighted by Gasteiger charge is -2.12. The first-order valence-electron chi connectivity index (χ1n) is 4.89. The smallest absolute Gasteiger partial charge is 0.326 e. The summed E-state index contributed by atoms with van der Waals surface area (Å²) in [6.07, 6.45) is 2.28. The van der Waals surface area contributed by atoms with Crippen molar-refractivity contribution in [3.05, 3.63) is 0 Å². The number of amides is 2. The van der Waals surface area contributed by atoms with Crippen molar-refractivity contribution in [1.82, 2.24) is 10.6 Å². The molecule has 0 radical (unpaired) electrons. The number of hydrogen-bond acceptors (Lipinski definition) is 2. The van der Waals surface area contributed by atoms with E-state index in [-0.39, 0.29) is 0 Å². The maximum absolute atomic E-state index is 11.1. The third kappa shape index (κ3) is 5.40. The molecule has 0 heterocycles. The van der Waals surface area contributed by atoms with Gasteiger partial charge in [0, 0.05) is 6.54 Å². The molecule has 0 aliphatic rings. The molecule has 82 valence electrons. The third-order valence-electron chi connectivity index (χ3n) is 1.83. The molecular formula is C9H18N2O3. The van der Waals surface area contributed by atoms with E-state index in [1.807, 2.05) is 6.92 Å². The highest BCUT2D eigenvalue weighted by Gasteiger charge is 2.16. The molecule has 0 aromatic heterocycles. The van der Waals surface area contributed by atoms with Gasteiger partial charge in [-0.05, 0) is 12.8 Å². The number of unbranched alkanes of at least 4 members (excludes halogenated alkanes) is 1. The van der Waals surface area contributed by atoms with Gasteiger partial charge in [0.25, 0.3) is 0 Å². The number of urea groups is 1. The summed E-state index contributed by atoms with van der Waals surface area (Å²) in [4.78, 5) is 21.7. The van der Waals surface area contributed by atoms with Gasteiger partial charge in [-0.15, -0.1) is 0 Å². The lowest BCUT2D eigenvalue weighted by Crippen LogP contribution is -2.45. The van der Waals surface area contributed by atoms with Crippen LogP contribution in [0.2, 0.25) is 0 Å². The third-order valence-corrected chi connectivity index (χ3v) is 1.83. The summed E-state index contributed by atoms with van der Waals surface area (Å²) < 4.78 is 0. The van der Waals surface area contributed by atoms with Crippen molar-refractivity contribution >= 4 is 12.0 Å². The lowest BCUT2D eigenvalue weighted by atomic mass is 10.2. The van der Waals surface area contributed by atoms with Gasteiger partial charge in [0.05, 0.1) is 0 Å². The molecule has 0 saturated heterocycles. The van der Waals surface area contributed by atoms with Crippen LogP contribution in [0.25, 0.3) is 0 Å². The Labute approximate surface area is 83.9 Å². The van der Waals surface area contributed by atoms with Gasteiger partial charge in [-0.3, -0.25) is 0 Å². The van der Waals surface area contributed by atoms with Gasteiger partial charge in [-0.1, -0.05) is 20.3 Å². The molecule has 0 aliphatic heterocycles. The summed E-state index contributed by atoms with van der Waals surface area (Å²) in [5.41, 5.74) is 0. The maximum Gasteiger partial charge on any atom is 0.326 e. The zero-order valence-corrected chi connectivity index (χ0v) is 8.67. The first kappa shape index (κ1) is 12.7. The Kier molecular flexibility index (Phi) is 6.53. The number of carbonyl (C=O) groups is 2. The molecule has 0 fully saturated rings. The van der Waals surface area contributed by atoms with Gasteiger partial charge in [0.15, 0.2) is 0 Å². The molecular weight excluding hydrogens is 184 g/mol. The van der Waals surface area contributed by atoms with E-state index in [0.717, 1.165) is 12.8 Å². The summed E-state index contributed by atoms with van der Waals surface area (Å²) in [6, 6.07) is -1.20. The zero-order valence-electron chi connectivity index (χ0n) is 8.67. The van der Waals surface area contributed by atoms with Crippen molar-refractivity contribution in [1.29, 1.82) is 0 Å². The van der Waals surface area contributed by atoms with Gasteiger partial charge in [0.1, 0.15) is 6.04 Å². The fraction of sp³-hybridized carbons (Fsp3) is 0.778. The summed E-state index contributed by atoms with van der Waals surface area (Å²) in [5.74, 6) is -1.00. The maximum atomic E-state index is 11.1. The van der Waals surface area contributed by atoms with E-state index < -0.39 is 18.0 Å². The minimum absolute atomic E-state index is 0.385. The van der Waals surface area contributed by atoms with Crippen LogP contribution in [0, 0.1) is 0 Å². The van der Waals surface area contributed by atoms with E-state index in [4.69, 9.17) is 5.11 Å². The Morgan fingerprint density at radius 3 is 2.43 bits per heavy atom. The summed E-state index contributed by atoms with van der Waals surface area (Å²) >= 11 is 0. The second kappa shape index (κ2) is 7.17. The molecule has 5 nitrogen and oxygen atoms in total. The molecule has 0 rings (SSSR count). The largest absolute Gasteiger partial charge is 0.480 e. The molecule has 1 unspecified atom stereocenters. The Bertz CT molecular complexity index is 194. The highest BCUT2D eigenvalue weighted by molar-refractivity contribution is 5.82. The first-order valence-corrected chi connectivity index (χ1v) is 4.89. The van der Waals surface area contributed by atoms with E-state index in [1.54, 1.807) is 6.92 Å². The van der Waals surface area contributed by atoms with Crippen molar-refractivity contribution in [3.63, 3.8) is 0 Å². The molecule has 0 spiro atoms. The van der Waals surface area contributed by atoms with Crippen LogP contribution in [0.4, 0.5) is 4.79 Å². The van der Waals surface area contributed by atoms with Gasteiger partial charge in [0.2, 0.25) is 0 Å². The van der Waals surface area contributed by atoms with Crippen LogP contribution >= 0.6 is 0 Å². The molecule has 2 amide bonds. The first-order chi connectivity index (χ1) is 6.61. The van der Waals surface area contributed by atoms with Crippen LogP contribution in [0.15, 0.2) is 0 Å². The highest BCUT2D eigenvalue weighted by atomic mass is 16.4. The molecule has 5 heteroatoms. The molecule has 0 aliphatic carbocycles. The quantitative estimate of drug-likeness (QED) is 0.561. The molecule has 3 N–H and O–H groups in total. The summed E-state index contributed by atoms with van der Waals surface area (Å²) in [7, 11) is 0. The predicted octanol–water partition coefficient (Wildman–Crippen LogP) is 0.949. The number of hydrogen-bond donors (Lipinski definition) is 3. The van der Waals surface area contributed by atoms with Gasteiger partial charge < -0.3 is 15.7 Å². The number of aliphatic carboxylic acids is 1. The van der Waals surface area contributed by atoms with Crippen molar-refractivity contribution in [3.8, 4) is 0 Å². The Morgan fingerprint density at radius 1 is 1.36 bits per heavy atom.